The minimum Gasteiger partial charge on any atom is -0.494 e. The van der Waals surface area contributed by atoms with Crippen LogP contribution in [0.3, 0.4) is 0 Å². The van der Waals surface area contributed by atoms with Crippen molar-refractivity contribution in [3.05, 3.63) is 63.8 Å². The van der Waals surface area contributed by atoms with Crippen molar-refractivity contribution in [1.29, 1.82) is 0 Å². The molecule has 1 heterocycles. The molecule has 0 spiro atoms. The molecule has 0 fully saturated rings. The van der Waals surface area contributed by atoms with Crippen LogP contribution in [0.2, 0.25) is 0 Å². The average Bonchev–Trinajstić information content (AvgIpc) is 2.49. The number of halogens is 1. The molecule has 0 saturated carbocycles. The second-order valence-electron chi connectivity index (χ2n) is 4.99. The molecule has 5 nitrogen and oxygen atoms in total. The second kappa shape index (κ2) is 6.43. The number of pyridine rings is 1. The molecule has 22 heavy (non-hydrogen) atoms. The van der Waals surface area contributed by atoms with E-state index in [0.717, 1.165) is 0 Å². The first-order valence-corrected chi connectivity index (χ1v) is 6.67. The fourth-order valence-electron chi connectivity index (χ4n) is 2.06. The number of aromatic nitrogens is 1. The summed E-state index contributed by atoms with van der Waals surface area (Å²) in [6.45, 7) is 0.231. The minimum absolute atomic E-state index is 0.157. The number of carbonyl (C=O) groups excluding carboxylic acids is 1. The lowest BCUT2D eigenvalue weighted by atomic mass is 10.1. The molecule has 1 aromatic carbocycles. The van der Waals surface area contributed by atoms with Crippen LogP contribution < -0.4 is 10.3 Å². The second-order valence-corrected chi connectivity index (χ2v) is 4.99. The van der Waals surface area contributed by atoms with Crippen molar-refractivity contribution < 1.29 is 13.9 Å². The van der Waals surface area contributed by atoms with Gasteiger partial charge in [0.05, 0.1) is 7.11 Å². The van der Waals surface area contributed by atoms with Crippen LogP contribution in [-0.4, -0.2) is 29.5 Å². The van der Waals surface area contributed by atoms with E-state index in [9.17, 15) is 14.0 Å². The molecular formula is C16H17FN2O3. The maximum absolute atomic E-state index is 13.6. The molecule has 0 N–H and O–H groups in total. The molecule has 0 radical (unpaired) electrons. The lowest BCUT2D eigenvalue weighted by Crippen LogP contribution is -2.28. The van der Waals surface area contributed by atoms with Gasteiger partial charge in [0.2, 0.25) is 0 Å². The Kier molecular flexibility index (Phi) is 4.60. The van der Waals surface area contributed by atoms with E-state index in [-0.39, 0.29) is 23.8 Å². The summed E-state index contributed by atoms with van der Waals surface area (Å²) in [7, 11) is 4.60. The molecule has 0 saturated heterocycles. The highest BCUT2D eigenvalue weighted by Crippen LogP contribution is 2.18. The van der Waals surface area contributed by atoms with Crippen LogP contribution in [0.25, 0.3) is 0 Å². The van der Waals surface area contributed by atoms with Crippen LogP contribution in [-0.2, 0) is 13.6 Å². The van der Waals surface area contributed by atoms with E-state index >= 15 is 0 Å². The molecule has 0 atom stereocenters. The van der Waals surface area contributed by atoms with Crippen molar-refractivity contribution in [2.75, 3.05) is 14.2 Å². The van der Waals surface area contributed by atoms with Crippen LogP contribution in [0.1, 0.15) is 15.9 Å². The van der Waals surface area contributed by atoms with Crippen molar-refractivity contribution in [3.8, 4) is 5.75 Å². The van der Waals surface area contributed by atoms with Gasteiger partial charge in [-0.25, -0.2) is 4.39 Å². The molecule has 6 heteroatoms. The summed E-state index contributed by atoms with van der Waals surface area (Å²) in [6, 6.07) is 7.39. The zero-order valence-corrected chi connectivity index (χ0v) is 12.7. The Bertz CT molecular complexity index is 755. The zero-order valence-electron chi connectivity index (χ0n) is 12.7. The highest BCUT2D eigenvalue weighted by molar-refractivity contribution is 5.93. The number of nitrogens with zero attached hydrogens (tertiary/aromatic N) is 2. The Morgan fingerprint density at radius 3 is 2.64 bits per heavy atom. The molecule has 0 aliphatic carbocycles. The molecule has 2 aromatic rings. The van der Waals surface area contributed by atoms with Gasteiger partial charge >= 0.3 is 0 Å². The quantitative estimate of drug-likeness (QED) is 0.865. The van der Waals surface area contributed by atoms with Gasteiger partial charge in [-0.05, 0) is 23.8 Å². The van der Waals surface area contributed by atoms with E-state index in [0.29, 0.717) is 11.1 Å². The molecule has 1 amide bonds. The van der Waals surface area contributed by atoms with Crippen molar-refractivity contribution in [2.24, 2.45) is 7.05 Å². The fraction of sp³-hybridized carbons (Fsp3) is 0.250. The van der Waals surface area contributed by atoms with Gasteiger partial charge in [-0.1, -0.05) is 6.07 Å². The summed E-state index contributed by atoms with van der Waals surface area (Å²) in [5.41, 5.74) is 0.687. The smallest absolute Gasteiger partial charge is 0.254 e. The lowest BCUT2D eigenvalue weighted by molar-refractivity contribution is 0.0784. The van der Waals surface area contributed by atoms with E-state index in [1.54, 1.807) is 26.2 Å². The number of aryl methyl sites for hydroxylation is 1. The van der Waals surface area contributed by atoms with Crippen LogP contribution in [0.5, 0.6) is 5.75 Å². The number of ether oxygens (including phenoxy) is 1. The highest BCUT2D eigenvalue weighted by atomic mass is 19.1. The minimum atomic E-state index is -0.477. The van der Waals surface area contributed by atoms with E-state index in [2.05, 4.69) is 0 Å². The Balaban J connectivity index is 2.15. The van der Waals surface area contributed by atoms with Gasteiger partial charge in [-0.3, -0.25) is 9.59 Å². The molecule has 0 aliphatic rings. The van der Waals surface area contributed by atoms with Gasteiger partial charge in [-0.15, -0.1) is 0 Å². The van der Waals surface area contributed by atoms with Gasteiger partial charge < -0.3 is 14.2 Å². The molecule has 0 unspecified atom stereocenters. The number of hydrogen-bond donors (Lipinski definition) is 0. The van der Waals surface area contributed by atoms with Gasteiger partial charge in [-0.2, -0.15) is 0 Å². The molecule has 116 valence electrons. The first-order valence-electron chi connectivity index (χ1n) is 6.67. The first-order chi connectivity index (χ1) is 10.4. The van der Waals surface area contributed by atoms with E-state index in [1.807, 2.05) is 0 Å². The first kappa shape index (κ1) is 15.8. The molecule has 1 aromatic heterocycles. The number of methoxy groups -OCH3 is 1. The largest absolute Gasteiger partial charge is 0.494 e. The highest BCUT2D eigenvalue weighted by Gasteiger charge is 2.14. The molecule has 0 aliphatic heterocycles. The van der Waals surface area contributed by atoms with Crippen molar-refractivity contribution >= 4 is 5.91 Å². The molecule has 0 bridgehead atoms. The molecule has 2 rings (SSSR count). The van der Waals surface area contributed by atoms with Gasteiger partial charge in [0.25, 0.3) is 11.5 Å². The SMILES string of the molecule is COc1ccc(CN(C)C(=O)c2ccn(C)c(=O)c2)cc1F. The van der Waals surface area contributed by atoms with E-state index < -0.39 is 5.82 Å². The fourth-order valence-corrected chi connectivity index (χ4v) is 2.06. The summed E-state index contributed by atoms with van der Waals surface area (Å²) in [4.78, 5) is 25.3. The van der Waals surface area contributed by atoms with Crippen LogP contribution in [0, 0.1) is 5.82 Å². The summed E-state index contributed by atoms with van der Waals surface area (Å²) in [5, 5.41) is 0. The summed E-state index contributed by atoms with van der Waals surface area (Å²) in [6.07, 6.45) is 1.54. The summed E-state index contributed by atoms with van der Waals surface area (Å²) < 4.78 is 19.9. The van der Waals surface area contributed by atoms with Gasteiger partial charge in [0, 0.05) is 38.5 Å². The Labute approximate surface area is 127 Å². The van der Waals surface area contributed by atoms with E-state index in [4.69, 9.17) is 4.74 Å². The Morgan fingerprint density at radius 2 is 2.05 bits per heavy atom. The molecular weight excluding hydrogens is 287 g/mol. The average molecular weight is 304 g/mol. The van der Waals surface area contributed by atoms with Crippen molar-refractivity contribution in [1.82, 2.24) is 9.47 Å². The number of hydrogen-bond acceptors (Lipinski definition) is 3. The van der Waals surface area contributed by atoms with Crippen LogP contribution >= 0.6 is 0 Å². The third-order valence-electron chi connectivity index (χ3n) is 3.33. The number of amides is 1. The van der Waals surface area contributed by atoms with Crippen LogP contribution in [0.15, 0.2) is 41.3 Å². The maximum Gasteiger partial charge on any atom is 0.254 e. The zero-order chi connectivity index (χ0) is 16.3. The number of rotatable bonds is 4. The van der Waals surface area contributed by atoms with Gasteiger partial charge in [0.1, 0.15) is 0 Å². The predicted octanol–water partition coefficient (Wildman–Crippen LogP) is 1.81. The monoisotopic (exact) mass is 304 g/mol. The normalized spacial score (nSPS) is 10.4. The van der Waals surface area contributed by atoms with E-state index in [1.165, 1.54) is 41.0 Å². The third kappa shape index (κ3) is 3.33. The summed E-state index contributed by atoms with van der Waals surface area (Å²) >= 11 is 0. The maximum atomic E-state index is 13.6. The summed E-state index contributed by atoms with van der Waals surface area (Å²) in [5.74, 6) is -0.618. The van der Waals surface area contributed by atoms with Crippen LogP contribution in [0.4, 0.5) is 4.39 Å². The Morgan fingerprint density at radius 1 is 1.32 bits per heavy atom. The predicted molar refractivity (Wildman–Crippen MR) is 80.4 cm³/mol. The third-order valence-corrected chi connectivity index (χ3v) is 3.33. The number of benzene rings is 1. The topological polar surface area (TPSA) is 51.5 Å². The van der Waals surface area contributed by atoms with Crippen molar-refractivity contribution in [3.63, 3.8) is 0 Å². The standard InChI is InChI=1S/C16H17FN2O3/c1-18-7-6-12(9-15(18)20)16(21)19(2)10-11-4-5-14(22-3)13(17)8-11/h4-9H,10H2,1-3H3. The Hall–Kier alpha value is -2.63. The lowest BCUT2D eigenvalue weighted by Gasteiger charge is -2.17. The number of carbonyl (C=O) groups is 1. The van der Waals surface area contributed by atoms with Gasteiger partial charge in [0.15, 0.2) is 11.6 Å². The van der Waals surface area contributed by atoms with Crippen molar-refractivity contribution in [2.45, 2.75) is 6.54 Å².